The van der Waals surface area contributed by atoms with Crippen LogP contribution in [0.5, 0.6) is 17.2 Å². The number of ether oxygens (including phenoxy) is 4. The molecule has 0 aliphatic carbocycles. The van der Waals surface area contributed by atoms with Crippen molar-refractivity contribution in [1.29, 1.82) is 0 Å². The summed E-state index contributed by atoms with van der Waals surface area (Å²) >= 11 is 0. The van der Waals surface area contributed by atoms with Crippen LogP contribution < -0.4 is 14.2 Å². The Morgan fingerprint density at radius 2 is 1.57 bits per heavy atom. The van der Waals surface area contributed by atoms with E-state index in [0.29, 0.717) is 22.8 Å². The van der Waals surface area contributed by atoms with Gasteiger partial charge in [0.15, 0.2) is 11.5 Å². The second-order valence-corrected chi connectivity index (χ2v) is 5.02. The number of carbonyl (C=O) groups excluding carboxylic acids is 2. The van der Waals surface area contributed by atoms with Gasteiger partial charge in [0.1, 0.15) is 0 Å². The molecule has 0 saturated carbocycles. The van der Waals surface area contributed by atoms with Crippen LogP contribution >= 0.6 is 0 Å². The molecule has 0 N–H and O–H groups in total. The Balaban J connectivity index is 3.05. The highest BCUT2D eigenvalue weighted by Gasteiger charge is 2.22. The quantitative estimate of drug-likeness (QED) is 0.709. The highest BCUT2D eigenvalue weighted by Crippen LogP contribution is 2.38. The van der Waals surface area contributed by atoms with Crippen molar-refractivity contribution in [2.24, 2.45) is 5.92 Å². The van der Waals surface area contributed by atoms with Gasteiger partial charge in [-0.15, -0.1) is 0 Å². The molecular formula is C16H23NO6. The Morgan fingerprint density at radius 1 is 1.04 bits per heavy atom. The third kappa shape index (κ3) is 4.28. The smallest absolute Gasteiger partial charge is 0.310 e. The largest absolute Gasteiger partial charge is 0.493 e. The molecule has 0 radical (unpaired) electrons. The topological polar surface area (TPSA) is 74.3 Å². The van der Waals surface area contributed by atoms with Crippen molar-refractivity contribution in [2.75, 3.05) is 42.0 Å². The van der Waals surface area contributed by atoms with Crippen LogP contribution in [0.2, 0.25) is 0 Å². The van der Waals surface area contributed by atoms with Gasteiger partial charge in [-0.1, -0.05) is 6.92 Å². The lowest BCUT2D eigenvalue weighted by Crippen LogP contribution is -2.34. The molecule has 1 aromatic rings. The lowest BCUT2D eigenvalue weighted by atomic mass is 10.1. The third-order valence-corrected chi connectivity index (χ3v) is 3.41. The highest BCUT2D eigenvalue weighted by molar-refractivity contribution is 5.95. The van der Waals surface area contributed by atoms with Crippen molar-refractivity contribution in [3.8, 4) is 17.2 Å². The molecular weight excluding hydrogens is 302 g/mol. The molecule has 0 aliphatic rings. The molecule has 0 fully saturated rings. The van der Waals surface area contributed by atoms with Crippen molar-refractivity contribution in [2.45, 2.75) is 6.92 Å². The molecule has 1 aromatic carbocycles. The lowest BCUT2D eigenvalue weighted by Gasteiger charge is -2.21. The summed E-state index contributed by atoms with van der Waals surface area (Å²) in [5.74, 6) is 0.150. The maximum absolute atomic E-state index is 12.5. The Bertz CT molecular complexity index is 547. The molecule has 7 nitrogen and oxygen atoms in total. The second-order valence-electron chi connectivity index (χ2n) is 5.02. The van der Waals surface area contributed by atoms with Crippen LogP contribution in [0.1, 0.15) is 17.3 Å². The molecule has 0 aromatic heterocycles. The van der Waals surface area contributed by atoms with Gasteiger partial charge in [0, 0.05) is 19.2 Å². The SMILES string of the molecule is COC(=O)C(C)CN(C)C(=O)c1cc(OC)c(OC)c(OC)c1. The predicted octanol–water partition coefficient (Wildman–Crippen LogP) is 1.59. The lowest BCUT2D eigenvalue weighted by molar-refractivity contribution is -0.145. The van der Waals surface area contributed by atoms with E-state index in [1.54, 1.807) is 26.1 Å². The van der Waals surface area contributed by atoms with E-state index in [4.69, 9.17) is 14.2 Å². The monoisotopic (exact) mass is 325 g/mol. The highest BCUT2D eigenvalue weighted by atomic mass is 16.5. The Kier molecular flexibility index (Phi) is 6.68. The molecule has 7 heteroatoms. The first kappa shape index (κ1) is 18.6. The van der Waals surface area contributed by atoms with E-state index in [2.05, 4.69) is 4.74 Å². The van der Waals surface area contributed by atoms with E-state index in [-0.39, 0.29) is 18.4 Å². The fourth-order valence-corrected chi connectivity index (χ4v) is 2.19. The number of hydrogen-bond acceptors (Lipinski definition) is 6. The van der Waals surface area contributed by atoms with Crippen LogP contribution in [0.25, 0.3) is 0 Å². The van der Waals surface area contributed by atoms with Crippen LogP contribution in [0, 0.1) is 5.92 Å². The summed E-state index contributed by atoms with van der Waals surface area (Å²) in [5.41, 5.74) is 0.374. The van der Waals surface area contributed by atoms with Crippen molar-refractivity contribution in [1.82, 2.24) is 4.90 Å². The Labute approximate surface area is 136 Å². The van der Waals surface area contributed by atoms with Gasteiger partial charge in [0.25, 0.3) is 5.91 Å². The minimum absolute atomic E-state index is 0.238. The van der Waals surface area contributed by atoms with Crippen molar-refractivity contribution >= 4 is 11.9 Å². The third-order valence-electron chi connectivity index (χ3n) is 3.41. The fourth-order valence-electron chi connectivity index (χ4n) is 2.19. The second kappa shape index (κ2) is 8.26. The summed E-state index contributed by atoms with van der Waals surface area (Å²) < 4.78 is 20.4. The number of rotatable bonds is 7. The van der Waals surface area contributed by atoms with Gasteiger partial charge in [0.05, 0.1) is 34.4 Å². The van der Waals surface area contributed by atoms with Gasteiger partial charge in [-0.2, -0.15) is 0 Å². The van der Waals surface area contributed by atoms with Gasteiger partial charge in [0.2, 0.25) is 5.75 Å². The Hall–Kier alpha value is -2.44. The van der Waals surface area contributed by atoms with E-state index in [9.17, 15) is 9.59 Å². The van der Waals surface area contributed by atoms with Gasteiger partial charge in [-0.3, -0.25) is 9.59 Å². The summed E-state index contributed by atoms with van der Waals surface area (Å²) in [4.78, 5) is 25.5. The zero-order valence-electron chi connectivity index (χ0n) is 14.3. The summed E-state index contributed by atoms with van der Waals surface area (Å²) in [6.45, 7) is 1.94. The zero-order chi connectivity index (χ0) is 17.6. The first-order valence-corrected chi connectivity index (χ1v) is 7.02. The average Bonchev–Trinajstić information content (AvgIpc) is 2.58. The molecule has 1 unspecified atom stereocenters. The number of methoxy groups -OCH3 is 4. The van der Waals surface area contributed by atoms with E-state index < -0.39 is 5.92 Å². The minimum atomic E-state index is -0.420. The van der Waals surface area contributed by atoms with Crippen molar-refractivity contribution in [3.63, 3.8) is 0 Å². The molecule has 1 atom stereocenters. The first-order valence-electron chi connectivity index (χ1n) is 7.02. The van der Waals surface area contributed by atoms with Crippen LogP contribution in [-0.4, -0.2) is 58.8 Å². The number of carbonyl (C=O) groups is 2. The average molecular weight is 325 g/mol. The summed E-state index contributed by atoms with van der Waals surface area (Å²) in [6, 6.07) is 3.14. The molecule has 128 valence electrons. The molecule has 0 heterocycles. The van der Waals surface area contributed by atoms with Gasteiger partial charge in [-0.05, 0) is 12.1 Å². The standard InChI is InChI=1S/C16H23NO6/c1-10(16(19)23-6)9-17(2)15(18)11-7-12(20-3)14(22-5)13(8-11)21-4/h7-8,10H,9H2,1-6H3. The molecule has 0 bridgehead atoms. The van der Waals surface area contributed by atoms with Crippen LogP contribution in [0.3, 0.4) is 0 Å². The Morgan fingerprint density at radius 3 is 1.96 bits per heavy atom. The van der Waals surface area contributed by atoms with Crippen LogP contribution in [-0.2, 0) is 9.53 Å². The van der Waals surface area contributed by atoms with Crippen LogP contribution in [0.4, 0.5) is 0 Å². The minimum Gasteiger partial charge on any atom is -0.493 e. The number of hydrogen-bond donors (Lipinski definition) is 0. The van der Waals surface area contributed by atoms with Gasteiger partial charge < -0.3 is 23.8 Å². The van der Waals surface area contributed by atoms with E-state index >= 15 is 0 Å². The van der Waals surface area contributed by atoms with Crippen molar-refractivity contribution in [3.05, 3.63) is 17.7 Å². The summed E-state index contributed by atoms with van der Waals surface area (Å²) in [6.07, 6.45) is 0. The normalized spacial score (nSPS) is 11.4. The zero-order valence-corrected chi connectivity index (χ0v) is 14.3. The number of nitrogens with zero attached hydrogens (tertiary/aromatic N) is 1. The molecule has 1 amide bonds. The fraction of sp³-hybridized carbons (Fsp3) is 0.500. The number of esters is 1. The maximum Gasteiger partial charge on any atom is 0.310 e. The molecule has 0 spiro atoms. The van der Waals surface area contributed by atoms with E-state index in [0.717, 1.165) is 0 Å². The summed E-state index contributed by atoms with van der Waals surface area (Å²) in [7, 11) is 7.39. The molecule has 0 saturated heterocycles. The summed E-state index contributed by atoms with van der Waals surface area (Å²) in [5, 5.41) is 0. The van der Waals surface area contributed by atoms with E-state index in [1.807, 2.05) is 0 Å². The molecule has 0 aliphatic heterocycles. The first-order chi connectivity index (χ1) is 10.9. The number of benzene rings is 1. The molecule has 1 rings (SSSR count). The van der Waals surface area contributed by atoms with E-state index in [1.165, 1.54) is 33.3 Å². The number of amides is 1. The predicted molar refractivity (Wildman–Crippen MR) is 84.2 cm³/mol. The maximum atomic E-state index is 12.5. The van der Waals surface area contributed by atoms with Gasteiger partial charge >= 0.3 is 5.97 Å². The van der Waals surface area contributed by atoms with Crippen LogP contribution in [0.15, 0.2) is 12.1 Å². The molecule has 23 heavy (non-hydrogen) atoms. The van der Waals surface area contributed by atoms with Crippen molar-refractivity contribution < 1.29 is 28.5 Å². The van der Waals surface area contributed by atoms with Gasteiger partial charge in [-0.25, -0.2) is 0 Å².